The summed E-state index contributed by atoms with van der Waals surface area (Å²) in [7, 11) is 0. The number of nitrogens with one attached hydrogen (secondary N) is 1. The normalized spacial score (nSPS) is 13.8. The van der Waals surface area contributed by atoms with Crippen molar-refractivity contribution in [2.75, 3.05) is 6.54 Å². The first kappa shape index (κ1) is 11.0. The summed E-state index contributed by atoms with van der Waals surface area (Å²) in [4.78, 5) is 10.6. The molecule has 0 radical (unpaired) electrons. The van der Waals surface area contributed by atoms with Crippen LogP contribution in [0.5, 0.6) is 0 Å². The monoisotopic (exact) mass is 179 g/mol. The van der Waals surface area contributed by atoms with E-state index in [0.717, 1.165) is 0 Å². The molecule has 70 valence electrons. The quantitative estimate of drug-likeness (QED) is 0.610. The van der Waals surface area contributed by atoms with E-state index in [0.29, 0.717) is 0 Å². The van der Waals surface area contributed by atoms with Crippen LogP contribution in [0.3, 0.4) is 0 Å². The smallest absolute Gasteiger partial charge is 0.265 e. The van der Waals surface area contributed by atoms with Crippen LogP contribution in [-0.2, 0) is 4.79 Å². The van der Waals surface area contributed by atoms with Gasteiger partial charge in [-0.3, -0.25) is 4.79 Å². The summed E-state index contributed by atoms with van der Waals surface area (Å²) in [5, 5.41) is 10.7. The van der Waals surface area contributed by atoms with E-state index < -0.39 is 25.0 Å². The molecular formula is C7H11F2NO2. The van der Waals surface area contributed by atoms with Crippen LogP contribution in [0.2, 0.25) is 0 Å². The van der Waals surface area contributed by atoms with Crippen molar-refractivity contribution in [2.24, 2.45) is 0 Å². The summed E-state index contributed by atoms with van der Waals surface area (Å²) in [6, 6.07) is 0. The van der Waals surface area contributed by atoms with Gasteiger partial charge in [0, 0.05) is 6.54 Å². The Bertz CT molecular complexity index is 171. The van der Waals surface area contributed by atoms with E-state index in [1.54, 1.807) is 6.92 Å². The minimum Gasteiger partial charge on any atom is -0.385 e. The highest BCUT2D eigenvalue weighted by Crippen LogP contribution is 1.98. The van der Waals surface area contributed by atoms with Crippen molar-refractivity contribution in [3.05, 3.63) is 12.2 Å². The van der Waals surface area contributed by atoms with E-state index in [1.165, 1.54) is 12.2 Å². The Hall–Kier alpha value is -0.970. The van der Waals surface area contributed by atoms with E-state index in [4.69, 9.17) is 5.11 Å². The fourth-order valence-electron chi connectivity index (χ4n) is 0.505. The Balaban J connectivity index is 3.61. The maximum absolute atomic E-state index is 11.6. The van der Waals surface area contributed by atoms with Crippen LogP contribution in [-0.4, -0.2) is 30.1 Å². The molecule has 12 heavy (non-hydrogen) atoms. The molecule has 1 amide bonds. The molecule has 0 aliphatic heterocycles. The number of amides is 1. The number of allylic oxidation sites excluding steroid dienone is 1. The second kappa shape index (κ2) is 5.65. The van der Waals surface area contributed by atoms with Crippen molar-refractivity contribution < 1.29 is 18.7 Å². The van der Waals surface area contributed by atoms with Gasteiger partial charge in [0.25, 0.3) is 6.43 Å². The van der Waals surface area contributed by atoms with E-state index in [1.807, 2.05) is 0 Å². The summed E-state index contributed by atoms with van der Waals surface area (Å²) in [5.74, 6) is -0.489. The predicted molar refractivity (Wildman–Crippen MR) is 39.8 cm³/mol. The van der Waals surface area contributed by atoms with E-state index in [-0.39, 0.29) is 0 Å². The molecule has 0 bridgehead atoms. The van der Waals surface area contributed by atoms with Gasteiger partial charge in [0.1, 0.15) is 6.10 Å². The summed E-state index contributed by atoms with van der Waals surface area (Å²) in [5.41, 5.74) is 0. The number of halogens is 2. The average Bonchev–Trinajstić information content (AvgIpc) is 2.00. The lowest BCUT2D eigenvalue weighted by atomic mass is 10.3. The van der Waals surface area contributed by atoms with Crippen molar-refractivity contribution in [3.8, 4) is 0 Å². The highest BCUT2D eigenvalue weighted by molar-refractivity contribution is 5.87. The molecule has 0 aromatic heterocycles. The zero-order chi connectivity index (χ0) is 9.56. The predicted octanol–water partition coefficient (Wildman–Crippen LogP) is 0.305. The largest absolute Gasteiger partial charge is 0.385 e. The lowest BCUT2D eigenvalue weighted by Gasteiger charge is -2.08. The molecule has 0 heterocycles. The number of carbonyl (C=O) groups is 1. The average molecular weight is 179 g/mol. The number of aliphatic hydroxyl groups is 1. The van der Waals surface area contributed by atoms with Crippen LogP contribution < -0.4 is 5.32 Å². The Labute approximate surface area is 69.1 Å². The second-order valence-corrected chi connectivity index (χ2v) is 2.15. The van der Waals surface area contributed by atoms with Crippen LogP contribution in [0.15, 0.2) is 12.2 Å². The highest BCUT2D eigenvalue weighted by Gasteiger charge is 2.16. The molecule has 3 nitrogen and oxygen atoms in total. The third-order valence-electron chi connectivity index (χ3n) is 1.09. The third-order valence-corrected chi connectivity index (χ3v) is 1.09. The number of rotatable bonds is 4. The molecule has 0 spiro atoms. The first-order valence-corrected chi connectivity index (χ1v) is 3.44. The standard InChI is InChI=1S/C7H11F2NO2/c1-2-3-6(12)10-4-5(11)7(8)9/h2-3,5,7,11H,4H2,1H3,(H,10,12)/b3-2+. The first-order valence-electron chi connectivity index (χ1n) is 3.44. The van der Waals surface area contributed by atoms with Crippen molar-refractivity contribution >= 4 is 5.91 Å². The zero-order valence-corrected chi connectivity index (χ0v) is 6.63. The minimum absolute atomic E-state index is 0.430. The maximum atomic E-state index is 11.6. The first-order chi connectivity index (χ1) is 5.57. The Morgan fingerprint density at radius 1 is 1.67 bits per heavy atom. The molecule has 1 unspecified atom stereocenters. The Morgan fingerprint density at radius 2 is 2.25 bits per heavy atom. The molecule has 0 saturated carbocycles. The van der Waals surface area contributed by atoms with Crippen LogP contribution in [0.4, 0.5) is 8.78 Å². The molecule has 0 aliphatic carbocycles. The van der Waals surface area contributed by atoms with E-state index in [9.17, 15) is 13.6 Å². The molecule has 1 atom stereocenters. The topological polar surface area (TPSA) is 49.3 Å². The summed E-state index contributed by atoms with van der Waals surface area (Å²) < 4.78 is 23.3. The summed E-state index contributed by atoms with van der Waals surface area (Å²) >= 11 is 0. The van der Waals surface area contributed by atoms with Gasteiger partial charge in [-0.2, -0.15) is 0 Å². The molecule has 0 aromatic carbocycles. The lowest BCUT2D eigenvalue weighted by molar-refractivity contribution is -0.117. The van der Waals surface area contributed by atoms with Gasteiger partial charge in [0.15, 0.2) is 0 Å². The van der Waals surface area contributed by atoms with Gasteiger partial charge < -0.3 is 10.4 Å². The lowest BCUT2D eigenvalue weighted by Crippen LogP contribution is -2.34. The van der Waals surface area contributed by atoms with Crippen molar-refractivity contribution in [3.63, 3.8) is 0 Å². The highest BCUT2D eigenvalue weighted by atomic mass is 19.3. The van der Waals surface area contributed by atoms with Gasteiger partial charge in [0.05, 0.1) is 0 Å². The van der Waals surface area contributed by atoms with Gasteiger partial charge in [-0.1, -0.05) is 6.08 Å². The minimum atomic E-state index is -2.82. The van der Waals surface area contributed by atoms with Gasteiger partial charge in [-0.05, 0) is 13.0 Å². The molecule has 0 rings (SSSR count). The maximum Gasteiger partial charge on any atom is 0.265 e. The zero-order valence-electron chi connectivity index (χ0n) is 6.63. The molecular weight excluding hydrogens is 168 g/mol. The Kier molecular flexibility index (Phi) is 5.19. The second-order valence-electron chi connectivity index (χ2n) is 2.15. The fourth-order valence-corrected chi connectivity index (χ4v) is 0.505. The van der Waals surface area contributed by atoms with Crippen molar-refractivity contribution in [2.45, 2.75) is 19.5 Å². The van der Waals surface area contributed by atoms with Crippen LogP contribution in [0.1, 0.15) is 6.92 Å². The molecule has 5 heteroatoms. The number of hydrogen-bond donors (Lipinski definition) is 2. The summed E-state index contributed by atoms with van der Waals surface area (Å²) in [6.45, 7) is 1.20. The fraction of sp³-hybridized carbons (Fsp3) is 0.571. The number of hydrogen-bond acceptors (Lipinski definition) is 2. The molecule has 0 fully saturated rings. The van der Waals surface area contributed by atoms with E-state index >= 15 is 0 Å². The number of carbonyl (C=O) groups excluding carboxylic acids is 1. The van der Waals surface area contributed by atoms with Crippen molar-refractivity contribution in [1.82, 2.24) is 5.32 Å². The molecule has 2 N–H and O–H groups in total. The third kappa shape index (κ3) is 4.79. The SMILES string of the molecule is C/C=C/C(=O)NCC(O)C(F)F. The molecule has 0 saturated heterocycles. The van der Waals surface area contributed by atoms with Gasteiger partial charge in [-0.15, -0.1) is 0 Å². The Morgan fingerprint density at radius 3 is 2.67 bits per heavy atom. The summed E-state index contributed by atoms with van der Waals surface area (Å²) in [6.07, 6.45) is -1.95. The van der Waals surface area contributed by atoms with Crippen LogP contribution in [0.25, 0.3) is 0 Å². The molecule has 0 aliphatic rings. The number of aliphatic hydroxyl groups excluding tert-OH is 1. The van der Waals surface area contributed by atoms with Crippen LogP contribution in [0, 0.1) is 0 Å². The van der Waals surface area contributed by atoms with Crippen molar-refractivity contribution in [1.29, 1.82) is 0 Å². The molecule has 0 aromatic rings. The van der Waals surface area contributed by atoms with Crippen LogP contribution >= 0.6 is 0 Å². The van der Waals surface area contributed by atoms with Gasteiger partial charge in [-0.25, -0.2) is 8.78 Å². The van der Waals surface area contributed by atoms with Gasteiger partial charge >= 0.3 is 0 Å². The van der Waals surface area contributed by atoms with Gasteiger partial charge in [0.2, 0.25) is 5.91 Å². The number of alkyl halides is 2. The van der Waals surface area contributed by atoms with E-state index in [2.05, 4.69) is 5.32 Å².